The van der Waals surface area contributed by atoms with E-state index in [0.29, 0.717) is 13.1 Å². The summed E-state index contributed by atoms with van der Waals surface area (Å²) in [5, 5.41) is 5.69. The molecule has 0 heterocycles. The van der Waals surface area contributed by atoms with Crippen molar-refractivity contribution in [3.63, 3.8) is 0 Å². The summed E-state index contributed by atoms with van der Waals surface area (Å²) in [4.78, 5) is 27.1. The largest absolute Gasteiger partial charge is 0.346 e. The Morgan fingerprint density at radius 3 is 1.75 bits per heavy atom. The van der Waals surface area contributed by atoms with Crippen LogP contribution < -0.4 is 10.6 Å². The Morgan fingerprint density at radius 1 is 0.750 bits per heavy atom. The van der Waals surface area contributed by atoms with Gasteiger partial charge in [0.2, 0.25) is 11.8 Å². The lowest BCUT2D eigenvalue weighted by molar-refractivity contribution is -0.125. The lowest BCUT2D eigenvalue weighted by Crippen LogP contribution is -2.40. The van der Waals surface area contributed by atoms with E-state index in [2.05, 4.69) is 39.8 Å². The van der Waals surface area contributed by atoms with Gasteiger partial charge >= 0.3 is 0 Å². The van der Waals surface area contributed by atoms with Crippen molar-refractivity contribution in [3.8, 4) is 0 Å². The summed E-state index contributed by atoms with van der Waals surface area (Å²) in [5.74, 6) is -0.407. The third-order valence-electron chi connectivity index (χ3n) is 5.25. The highest BCUT2D eigenvalue weighted by molar-refractivity contribution is 5.96. The minimum absolute atomic E-state index is 0.0594. The van der Waals surface area contributed by atoms with Crippen molar-refractivity contribution in [3.05, 3.63) is 101 Å². The molecule has 0 radical (unpaired) electrons. The number of carbonyl (C=O) groups is 2. The number of nitrogens with zero attached hydrogens (tertiary/aromatic N) is 1. The first-order valence-electron chi connectivity index (χ1n) is 10.9. The molecule has 32 heavy (non-hydrogen) atoms. The van der Waals surface area contributed by atoms with E-state index in [9.17, 15) is 9.59 Å². The molecule has 0 spiro atoms. The van der Waals surface area contributed by atoms with E-state index in [1.807, 2.05) is 69.3 Å². The summed E-state index contributed by atoms with van der Waals surface area (Å²) < 4.78 is 0. The number of nitrogens with one attached hydrogen (secondary N) is 2. The lowest BCUT2D eigenvalue weighted by atomic mass is 10.1. The second kappa shape index (κ2) is 11.3. The van der Waals surface area contributed by atoms with Crippen molar-refractivity contribution in [2.24, 2.45) is 0 Å². The van der Waals surface area contributed by atoms with Gasteiger partial charge in [-0.05, 0) is 43.0 Å². The topological polar surface area (TPSA) is 61.4 Å². The molecule has 166 valence electrons. The number of carbonyl (C=O) groups excluding carboxylic acids is 2. The number of aryl methyl sites for hydroxylation is 3. The number of hydrogen-bond acceptors (Lipinski definition) is 3. The molecule has 3 aromatic carbocycles. The van der Waals surface area contributed by atoms with Gasteiger partial charge in [0.05, 0.1) is 13.1 Å². The summed E-state index contributed by atoms with van der Waals surface area (Å²) >= 11 is 0. The van der Waals surface area contributed by atoms with Crippen LogP contribution in [0.2, 0.25) is 0 Å². The smallest absolute Gasteiger partial charge is 0.243 e. The third-order valence-corrected chi connectivity index (χ3v) is 5.25. The van der Waals surface area contributed by atoms with Crippen LogP contribution in [-0.4, -0.2) is 29.8 Å². The zero-order valence-corrected chi connectivity index (χ0v) is 19.0. The van der Waals surface area contributed by atoms with Crippen molar-refractivity contribution < 1.29 is 9.59 Å². The minimum Gasteiger partial charge on any atom is -0.346 e. The summed E-state index contributed by atoms with van der Waals surface area (Å²) in [6, 6.07) is 24.2. The van der Waals surface area contributed by atoms with Crippen LogP contribution in [0.25, 0.3) is 0 Å². The Bertz CT molecular complexity index is 985. The zero-order valence-electron chi connectivity index (χ0n) is 19.0. The normalized spacial score (nSPS) is 10.8. The quantitative estimate of drug-likeness (QED) is 0.531. The first-order chi connectivity index (χ1) is 15.4. The van der Waals surface area contributed by atoms with Gasteiger partial charge in [-0.3, -0.25) is 14.5 Å². The maximum Gasteiger partial charge on any atom is 0.243 e. The molecule has 0 unspecified atom stereocenters. The van der Waals surface area contributed by atoms with Crippen LogP contribution >= 0.6 is 0 Å². The fraction of sp³-hybridized carbons (Fsp3) is 0.259. The van der Waals surface area contributed by atoms with Crippen molar-refractivity contribution in [1.82, 2.24) is 10.2 Å². The van der Waals surface area contributed by atoms with Gasteiger partial charge in [-0.1, -0.05) is 78.4 Å². The SMILES string of the molecule is Cc1cc(C)c(NC(=O)CNC(=O)CN(Cc2ccccc2)Cc2ccccc2)c(C)c1. The van der Waals surface area contributed by atoms with Gasteiger partial charge in [0.15, 0.2) is 0 Å². The molecule has 5 nitrogen and oxygen atoms in total. The lowest BCUT2D eigenvalue weighted by Gasteiger charge is -2.22. The van der Waals surface area contributed by atoms with Crippen LogP contribution in [-0.2, 0) is 22.7 Å². The van der Waals surface area contributed by atoms with Crippen molar-refractivity contribution in [2.75, 3.05) is 18.4 Å². The predicted octanol–water partition coefficient (Wildman–Crippen LogP) is 4.37. The summed E-state index contributed by atoms with van der Waals surface area (Å²) in [7, 11) is 0. The number of amides is 2. The molecule has 2 N–H and O–H groups in total. The minimum atomic E-state index is -0.230. The standard InChI is InChI=1S/C27H31N3O2/c1-20-14-21(2)27(22(3)15-20)29-25(31)16-28-26(32)19-30(17-23-10-6-4-7-11-23)18-24-12-8-5-9-13-24/h4-15H,16-19H2,1-3H3,(H,28,32)(H,29,31). The average Bonchev–Trinajstić information content (AvgIpc) is 2.76. The Morgan fingerprint density at radius 2 is 1.25 bits per heavy atom. The van der Waals surface area contributed by atoms with Crippen LogP contribution in [0.1, 0.15) is 27.8 Å². The molecule has 0 aromatic heterocycles. The highest BCUT2D eigenvalue weighted by Crippen LogP contribution is 2.21. The Kier molecular flexibility index (Phi) is 8.17. The van der Waals surface area contributed by atoms with Crippen LogP contribution in [0, 0.1) is 20.8 Å². The number of anilines is 1. The highest BCUT2D eigenvalue weighted by atomic mass is 16.2. The first kappa shape index (κ1) is 23.2. The third kappa shape index (κ3) is 7.06. The molecule has 0 fully saturated rings. The first-order valence-corrected chi connectivity index (χ1v) is 10.9. The van der Waals surface area contributed by atoms with Gasteiger partial charge in [0, 0.05) is 18.8 Å². The van der Waals surface area contributed by atoms with E-state index in [4.69, 9.17) is 0 Å². The maximum atomic E-state index is 12.6. The van der Waals surface area contributed by atoms with Gasteiger partial charge in [-0.2, -0.15) is 0 Å². The van der Waals surface area contributed by atoms with Gasteiger partial charge < -0.3 is 10.6 Å². The summed E-state index contributed by atoms with van der Waals surface area (Å²) in [5.41, 5.74) is 6.27. The van der Waals surface area contributed by atoms with Crippen LogP contribution in [0.15, 0.2) is 72.8 Å². The van der Waals surface area contributed by atoms with Crippen LogP contribution in [0.3, 0.4) is 0 Å². The molecule has 3 aromatic rings. The summed E-state index contributed by atoms with van der Waals surface area (Å²) in [6.45, 7) is 7.42. The van der Waals surface area contributed by atoms with E-state index >= 15 is 0 Å². The molecule has 2 amide bonds. The fourth-order valence-electron chi connectivity index (χ4n) is 3.85. The van der Waals surface area contributed by atoms with Crippen molar-refractivity contribution in [2.45, 2.75) is 33.9 Å². The molecule has 3 rings (SSSR count). The van der Waals surface area contributed by atoms with Gasteiger partial charge in [0.1, 0.15) is 0 Å². The molecule has 0 aliphatic rings. The predicted molar refractivity (Wildman–Crippen MR) is 129 cm³/mol. The van der Waals surface area contributed by atoms with Gasteiger partial charge in [-0.25, -0.2) is 0 Å². The molecular weight excluding hydrogens is 398 g/mol. The Balaban J connectivity index is 1.57. The fourth-order valence-corrected chi connectivity index (χ4v) is 3.85. The second-order valence-electron chi connectivity index (χ2n) is 8.21. The maximum absolute atomic E-state index is 12.6. The monoisotopic (exact) mass is 429 g/mol. The molecule has 0 saturated heterocycles. The van der Waals surface area contributed by atoms with Gasteiger partial charge in [0.25, 0.3) is 0 Å². The average molecular weight is 430 g/mol. The number of rotatable bonds is 9. The molecule has 0 atom stereocenters. The van der Waals surface area contributed by atoms with E-state index < -0.39 is 0 Å². The van der Waals surface area contributed by atoms with E-state index in [1.54, 1.807) is 0 Å². The van der Waals surface area contributed by atoms with E-state index in [1.165, 1.54) is 0 Å². The molecule has 0 saturated carbocycles. The number of benzene rings is 3. The zero-order chi connectivity index (χ0) is 22.9. The molecule has 0 aliphatic heterocycles. The Hall–Kier alpha value is -3.44. The Labute approximate surface area is 190 Å². The molecule has 0 aliphatic carbocycles. The highest BCUT2D eigenvalue weighted by Gasteiger charge is 2.14. The molecular formula is C27H31N3O2. The van der Waals surface area contributed by atoms with E-state index in [0.717, 1.165) is 33.5 Å². The van der Waals surface area contributed by atoms with Crippen molar-refractivity contribution in [1.29, 1.82) is 0 Å². The second-order valence-corrected chi connectivity index (χ2v) is 8.21. The van der Waals surface area contributed by atoms with Crippen molar-refractivity contribution >= 4 is 17.5 Å². The van der Waals surface area contributed by atoms with Crippen LogP contribution in [0.4, 0.5) is 5.69 Å². The molecule has 5 heteroatoms. The number of hydrogen-bond donors (Lipinski definition) is 2. The van der Waals surface area contributed by atoms with Gasteiger partial charge in [-0.15, -0.1) is 0 Å². The van der Waals surface area contributed by atoms with Crippen LogP contribution in [0.5, 0.6) is 0 Å². The molecule has 0 bridgehead atoms. The summed E-state index contributed by atoms with van der Waals surface area (Å²) in [6.07, 6.45) is 0. The van der Waals surface area contributed by atoms with E-state index in [-0.39, 0.29) is 24.9 Å².